The van der Waals surface area contributed by atoms with Gasteiger partial charge in [-0.2, -0.15) is 0 Å². The largest absolute Gasteiger partial charge is 0.415 e. The van der Waals surface area contributed by atoms with E-state index in [9.17, 15) is 0 Å². The summed E-state index contributed by atoms with van der Waals surface area (Å²) in [5, 5.41) is 0. The highest BCUT2D eigenvalue weighted by Crippen LogP contribution is 2.49. The van der Waals surface area contributed by atoms with E-state index < -0.39 is 8.32 Å². The standard InChI is InChI=1S/C23H32O2Si/c1-5-24-17-23(18-25-26(6-2,7-3)8-4)21-15-11-9-13-19(21)20-14-10-12-16-22(20)23/h9-16H,5-8,17-18H2,1-4H3. The molecule has 0 atom stereocenters. The average Bonchev–Trinajstić information content (AvgIpc) is 2.99. The van der Waals surface area contributed by atoms with Gasteiger partial charge in [-0.3, -0.25) is 0 Å². The van der Waals surface area contributed by atoms with Gasteiger partial charge in [-0.1, -0.05) is 69.3 Å². The van der Waals surface area contributed by atoms with Crippen LogP contribution in [0.2, 0.25) is 18.1 Å². The molecule has 0 N–H and O–H groups in total. The minimum Gasteiger partial charge on any atom is -0.415 e. The lowest BCUT2D eigenvalue weighted by Gasteiger charge is -2.37. The van der Waals surface area contributed by atoms with Gasteiger partial charge < -0.3 is 9.16 Å². The molecule has 26 heavy (non-hydrogen) atoms. The molecular formula is C23H32O2Si. The lowest BCUT2D eigenvalue weighted by Crippen LogP contribution is -2.44. The first-order valence-corrected chi connectivity index (χ1v) is 12.6. The van der Waals surface area contributed by atoms with Crippen molar-refractivity contribution in [3.05, 3.63) is 59.7 Å². The van der Waals surface area contributed by atoms with Crippen LogP contribution in [0.3, 0.4) is 0 Å². The number of hydrogen-bond donors (Lipinski definition) is 0. The van der Waals surface area contributed by atoms with Crippen LogP contribution in [0, 0.1) is 0 Å². The van der Waals surface area contributed by atoms with Crippen LogP contribution >= 0.6 is 0 Å². The molecule has 0 spiro atoms. The van der Waals surface area contributed by atoms with E-state index in [-0.39, 0.29) is 5.41 Å². The Kier molecular flexibility index (Phi) is 6.01. The second-order valence-electron chi connectivity index (χ2n) is 7.34. The van der Waals surface area contributed by atoms with Crippen LogP contribution in [0.1, 0.15) is 38.8 Å². The number of benzene rings is 2. The van der Waals surface area contributed by atoms with Crippen molar-refractivity contribution < 1.29 is 9.16 Å². The Labute approximate surface area is 159 Å². The van der Waals surface area contributed by atoms with Crippen LogP contribution in [0.5, 0.6) is 0 Å². The van der Waals surface area contributed by atoms with Gasteiger partial charge in [0.05, 0.1) is 12.0 Å². The molecule has 0 aromatic heterocycles. The summed E-state index contributed by atoms with van der Waals surface area (Å²) in [7, 11) is -1.67. The maximum atomic E-state index is 6.83. The second kappa shape index (κ2) is 8.08. The molecule has 0 bridgehead atoms. The Bertz CT molecular complexity index is 683. The molecule has 0 saturated carbocycles. The van der Waals surface area contributed by atoms with E-state index in [4.69, 9.17) is 9.16 Å². The molecule has 2 aromatic carbocycles. The number of ether oxygens (including phenoxy) is 1. The third kappa shape index (κ3) is 3.17. The Morgan fingerprint density at radius 1 is 0.731 bits per heavy atom. The van der Waals surface area contributed by atoms with E-state index in [2.05, 4.69) is 76.2 Å². The zero-order valence-corrected chi connectivity index (χ0v) is 17.7. The summed E-state index contributed by atoms with van der Waals surface area (Å²) < 4.78 is 12.9. The van der Waals surface area contributed by atoms with E-state index >= 15 is 0 Å². The highest BCUT2D eigenvalue weighted by atomic mass is 28.4. The average molecular weight is 369 g/mol. The van der Waals surface area contributed by atoms with Crippen molar-refractivity contribution in [2.75, 3.05) is 19.8 Å². The molecule has 0 saturated heterocycles. The molecule has 2 aromatic rings. The molecule has 1 aliphatic carbocycles. The summed E-state index contributed by atoms with van der Waals surface area (Å²) in [5.74, 6) is 0. The lowest BCUT2D eigenvalue weighted by molar-refractivity contribution is 0.0811. The molecule has 0 aliphatic heterocycles. The van der Waals surface area contributed by atoms with E-state index in [1.165, 1.54) is 40.4 Å². The maximum Gasteiger partial charge on any atom is 0.192 e. The molecule has 3 rings (SSSR count). The van der Waals surface area contributed by atoms with Crippen LogP contribution in [-0.4, -0.2) is 28.1 Å². The number of fused-ring (bicyclic) bond motifs is 3. The molecule has 0 unspecified atom stereocenters. The van der Waals surface area contributed by atoms with Crippen molar-refractivity contribution >= 4 is 8.32 Å². The summed E-state index contributed by atoms with van der Waals surface area (Å²) in [6, 6.07) is 21.1. The van der Waals surface area contributed by atoms with Gasteiger partial charge in [0.2, 0.25) is 0 Å². The third-order valence-corrected chi connectivity index (χ3v) is 10.9. The smallest absolute Gasteiger partial charge is 0.192 e. The van der Waals surface area contributed by atoms with E-state index in [0.29, 0.717) is 6.61 Å². The minimum atomic E-state index is -1.67. The zero-order valence-electron chi connectivity index (χ0n) is 16.7. The number of rotatable bonds is 9. The maximum absolute atomic E-state index is 6.83. The second-order valence-corrected chi connectivity index (χ2v) is 12.1. The molecule has 0 radical (unpaired) electrons. The molecule has 2 nitrogen and oxygen atoms in total. The molecule has 0 heterocycles. The summed E-state index contributed by atoms with van der Waals surface area (Å²) in [6.45, 7) is 11.1. The summed E-state index contributed by atoms with van der Waals surface area (Å²) >= 11 is 0. The molecule has 3 heteroatoms. The third-order valence-electron chi connectivity index (χ3n) is 6.29. The van der Waals surface area contributed by atoms with Crippen molar-refractivity contribution in [1.82, 2.24) is 0 Å². The van der Waals surface area contributed by atoms with E-state index in [1.54, 1.807) is 0 Å². The first kappa shape index (κ1) is 19.3. The highest BCUT2D eigenvalue weighted by molar-refractivity contribution is 6.73. The van der Waals surface area contributed by atoms with Gasteiger partial charge in [0.25, 0.3) is 0 Å². The van der Waals surface area contributed by atoms with Crippen LogP contribution in [0.15, 0.2) is 48.5 Å². The fourth-order valence-electron chi connectivity index (χ4n) is 4.38. The predicted octanol–water partition coefficient (Wildman–Crippen LogP) is 6.01. The molecule has 1 aliphatic rings. The Balaban J connectivity index is 2.07. The summed E-state index contributed by atoms with van der Waals surface area (Å²) in [5.41, 5.74) is 5.20. The lowest BCUT2D eigenvalue weighted by atomic mass is 9.79. The van der Waals surface area contributed by atoms with Gasteiger partial charge in [-0.15, -0.1) is 0 Å². The minimum absolute atomic E-state index is 0.193. The molecule has 0 amide bonds. The van der Waals surface area contributed by atoms with Gasteiger partial charge in [0, 0.05) is 13.2 Å². The topological polar surface area (TPSA) is 18.5 Å². The Morgan fingerprint density at radius 2 is 1.23 bits per heavy atom. The van der Waals surface area contributed by atoms with Crippen LogP contribution < -0.4 is 0 Å². The van der Waals surface area contributed by atoms with Gasteiger partial charge in [-0.25, -0.2) is 0 Å². The normalized spacial score (nSPS) is 14.9. The zero-order chi connectivity index (χ0) is 18.6. The molecule has 140 valence electrons. The van der Waals surface area contributed by atoms with Gasteiger partial charge >= 0.3 is 0 Å². The molecular weight excluding hydrogens is 336 g/mol. The molecule has 0 fully saturated rings. The quantitative estimate of drug-likeness (QED) is 0.505. The first-order chi connectivity index (χ1) is 12.7. The Morgan fingerprint density at radius 3 is 1.69 bits per heavy atom. The predicted molar refractivity (Wildman–Crippen MR) is 112 cm³/mol. The number of hydrogen-bond acceptors (Lipinski definition) is 2. The van der Waals surface area contributed by atoms with Crippen molar-refractivity contribution in [3.8, 4) is 11.1 Å². The van der Waals surface area contributed by atoms with E-state index in [1.807, 2.05) is 0 Å². The van der Waals surface area contributed by atoms with Gasteiger partial charge in [0.1, 0.15) is 0 Å². The van der Waals surface area contributed by atoms with Crippen molar-refractivity contribution in [3.63, 3.8) is 0 Å². The van der Waals surface area contributed by atoms with Crippen LogP contribution in [0.25, 0.3) is 11.1 Å². The van der Waals surface area contributed by atoms with Crippen molar-refractivity contribution in [2.24, 2.45) is 0 Å². The summed E-state index contributed by atoms with van der Waals surface area (Å²) in [6.07, 6.45) is 0. The monoisotopic (exact) mass is 368 g/mol. The first-order valence-electron chi connectivity index (χ1n) is 10.1. The fraction of sp³-hybridized carbons (Fsp3) is 0.478. The van der Waals surface area contributed by atoms with Crippen LogP contribution in [0.4, 0.5) is 0 Å². The van der Waals surface area contributed by atoms with Gasteiger partial charge in [0.15, 0.2) is 8.32 Å². The van der Waals surface area contributed by atoms with Crippen molar-refractivity contribution in [2.45, 2.75) is 51.2 Å². The fourth-order valence-corrected chi connectivity index (χ4v) is 7.04. The van der Waals surface area contributed by atoms with Gasteiger partial charge in [-0.05, 0) is 47.3 Å². The van der Waals surface area contributed by atoms with E-state index in [0.717, 1.165) is 13.2 Å². The van der Waals surface area contributed by atoms with Crippen molar-refractivity contribution in [1.29, 1.82) is 0 Å². The highest BCUT2D eigenvalue weighted by Gasteiger charge is 2.45. The Hall–Kier alpha value is -1.42. The SMILES string of the molecule is CCOCC1(CO[Si](CC)(CC)CC)c2ccccc2-c2ccccc21. The van der Waals surface area contributed by atoms with Crippen LogP contribution in [-0.2, 0) is 14.6 Å². The summed E-state index contributed by atoms with van der Waals surface area (Å²) in [4.78, 5) is 0.